The molecule has 0 spiro atoms. The van der Waals surface area contributed by atoms with Crippen LogP contribution in [0.15, 0.2) is 41.0 Å². The van der Waals surface area contributed by atoms with Crippen molar-refractivity contribution in [3.63, 3.8) is 0 Å². The molecule has 3 heterocycles. The number of carbonyl (C=O) groups excluding carboxylic acids is 1. The average Bonchev–Trinajstić information content (AvgIpc) is 3.28. The number of furan rings is 1. The van der Waals surface area contributed by atoms with Crippen molar-refractivity contribution in [2.75, 3.05) is 13.1 Å². The topological polar surface area (TPSA) is 74.2 Å². The lowest BCUT2D eigenvalue weighted by Gasteiger charge is -2.31. The fraction of sp³-hybridized carbons (Fsp3) is 0.368. The number of benzene rings is 1. The van der Waals surface area contributed by atoms with E-state index in [1.165, 1.54) is 0 Å². The van der Waals surface area contributed by atoms with E-state index in [9.17, 15) is 4.79 Å². The number of H-pyrrole nitrogens is 1. The SMILES string of the molecule is O=C(NCc1nc2ccc(Cl)cc2[nH]1)C1CCCN(Cc2ccco2)C1. The molecule has 26 heavy (non-hydrogen) atoms. The number of aromatic nitrogens is 2. The monoisotopic (exact) mass is 372 g/mol. The van der Waals surface area contributed by atoms with Gasteiger partial charge >= 0.3 is 0 Å². The molecule has 1 atom stereocenters. The zero-order valence-corrected chi connectivity index (χ0v) is 15.1. The Morgan fingerprint density at radius 1 is 1.42 bits per heavy atom. The molecule has 1 fully saturated rings. The number of aromatic amines is 1. The number of piperidine rings is 1. The maximum absolute atomic E-state index is 12.6. The number of halogens is 1. The highest BCUT2D eigenvalue weighted by molar-refractivity contribution is 6.31. The molecule has 1 unspecified atom stereocenters. The molecule has 1 aliphatic rings. The number of imidazole rings is 1. The smallest absolute Gasteiger partial charge is 0.224 e. The predicted octanol–water partition coefficient (Wildman–Crippen LogP) is 3.34. The van der Waals surface area contributed by atoms with E-state index in [0.717, 1.165) is 55.1 Å². The molecule has 1 aromatic carbocycles. The summed E-state index contributed by atoms with van der Waals surface area (Å²) in [6, 6.07) is 9.38. The maximum atomic E-state index is 12.6. The molecule has 2 N–H and O–H groups in total. The van der Waals surface area contributed by atoms with Crippen molar-refractivity contribution in [1.29, 1.82) is 0 Å². The molecule has 1 saturated heterocycles. The minimum absolute atomic E-state index is 0.00228. The Bertz CT molecular complexity index is 890. The van der Waals surface area contributed by atoms with Crippen molar-refractivity contribution in [1.82, 2.24) is 20.2 Å². The lowest BCUT2D eigenvalue weighted by atomic mass is 9.97. The highest BCUT2D eigenvalue weighted by Gasteiger charge is 2.26. The lowest BCUT2D eigenvalue weighted by molar-refractivity contribution is -0.127. The van der Waals surface area contributed by atoms with E-state index < -0.39 is 0 Å². The second-order valence-electron chi connectivity index (χ2n) is 6.72. The average molecular weight is 373 g/mol. The van der Waals surface area contributed by atoms with Gasteiger partial charge in [-0.15, -0.1) is 0 Å². The summed E-state index contributed by atoms with van der Waals surface area (Å²) >= 11 is 5.99. The molecule has 2 aromatic heterocycles. The molecule has 1 amide bonds. The van der Waals surface area contributed by atoms with Crippen LogP contribution in [0.4, 0.5) is 0 Å². The van der Waals surface area contributed by atoms with Gasteiger partial charge in [-0.1, -0.05) is 11.6 Å². The predicted molar refractivity (Wildman–Crippen MR) is 99.7 cm³/mol. The van der Waals surface area contributed by atoms with E-state index in [0.29, 0.717) is 11.6 Å². The van der Waals surface area contributed by atoms with Gasteiger partial charge in [0.15, 0.2) is 0 Å². The summed E-state index contributed by atoms with van der Waals surface area (Å²) < 4.78 is 5.41. The van der Waals surface area contributed by atoms with Gasteiger partial charge in [0.25, 0.3) is 0 Å². The molecule has 4 rings (SSSR count). The maximum Gasteiger partial charge on any atom is 0.224 e. The normalized spacial score (nSPS) is 18.3. The molecule has 7 heteroatoms. The Labute approximate surface area is 156 Å². The number of fused-ring (bicyclic) bond motifs is 1. The van der Waals surface area contributed by atoms with Gasteiger partial charge in [-0.2, -0.15) is 0 Å². The minimum Gasteiger partial charge on any atom is -0.468 e. The first-order valence-electron chi connectivity index (χ1n) is 8.84. The Morgan fingerprint density at radius 3 is 3.19 bits per heavy atom. The number of hydrogen-bond donors (Lipinski definition) is 2. The van der Waals surface area contributed by atoms with Gasteiger partial charge in [0.2, 0.25) is 5.91 Å². The summed E-state index contributed by atoms with van der Waals surface area (Å²) in [5.74, 6) is 1.75. The second-order valence-corrected chi connectivity index (χ2v) is 7.15. The molecule has 3 aromatic rings. The van der Waals surface area contributed by atoms with E-state index in [1.54, 1.807) is 6.26 Å². The number of carbonyl (C=O) groups is 1. The first-order valence-corrected chi connectivity index (χ1v) is 9.22. The summed E-state index contributed by atoms with van der Waals surface area (Å²) in [5, 5.41) is 3.67. The van der Waals surface area contributed by atoms with Crippen molar-refractivity contribution in [2.24, 2.45) is 5.92 Å². The van der Waals surface area contributed by atoms with Crippen LogP contribution in [0.3, 0.4) is 0 Å². The van der Waals surface area contributed by atoms with Crippen LogP contribution in [-0.4, -0.2) is 33.9 Å². The Balaban J connectivity index is 1.33. The fourth-order valence-electron chi connectivity index (χ4n) is 3.47. The highest BCUT2D eigenvalue weighted by atomic mass is 35.5. The number of nitrogens with zero attached hydrogens (tertiary/aromatic N) is 2. The van der Waals surface area contributed by atoms with Crippen molar-refractivity contribution in [2.45, 2.75) is 25.9 Å². The van der Waals surface area contributed by atoms with Gasteiger partial charge in [0.1, 0.15) is 11.6 Å². The number of likely N-dealkylation sites (tertiary alicyclic amines) is 1. The van der Waals surface area contributed by atoms with Gasteiger partial charge in [-0.25, -0.2) is 4.98 Å². The third-order valence-electron chi connectivity index (χ3n) is 4.76. The molecule has 0 bridgehead atoms. The van der Waals surface area contributed by atoms with Gasteiger partial charge in [-0.3, -0.25) is 9.69 Å². The van der Waals surface area contributed by atoms with Gasteiger partial charge in [0, 0.05) is 11.6 Å². The molecule has 6 nitrogen and oxygen atoms in total. The summed E-state index contributed by atoms with van der Waals surface area (Å²) in [7, 11) is 0. The Hall–Kier alpha value is -2.31. The lowest BCUT2D eigenvalue weighted by Crippen LogP contribution is -2.42. The van der Waals surface area contributed by atoms with Gasteiger partial charge < -0.3 is 14.7 Å². The number of nitrogens with one attached hydrogen (secondary N) is 2. The van der Waals surface area contributed by atoms with Crippen molar-refractivity contribution < 1.29 is 9.21 Å². The zero-order valence-electron chi connectivity index (χ0n) is 14.4. The van der Waals surface area contributed by atoms with Crippen LogP contribution < -0.4 is 5.32 Å². The fourth-order valence-corrected chi connectivity index (χ4v) is 3.64. The largest absolute Gasteiger partial charge is 0.468 e. The van der Waals surface area contributed by atoms with Crippen molar-refractivity contribution in [3.05, 3.63) is 53.2 Å². The summed E-state index contributed by atoms with van der Waals surface area (Å²) in [5.41, 5.74) is 1.73. The summed E-state index contributed by atoms with van der Waals surface area (Å²) in [6.07, 6.45) is 3.61. The van der Waals surface area contributed by atoms with Crippen LogP contribution in [0, 0.1) is 5.92 Å². The van der Waals surface area contributed by atoms with Crippen LogP contribution in [0.2, 0.25) is 5.02 Å². The molecule has 0 radical (unpaired) electrons. The van der Waals surface area contributed by atoms with Gasteiger partial charge in [-0.05, 0) is 49.7 Å². The number of rotatable bonds is 5. The van der Waals surface area contributed by atoms with Crippen LogP contribution in [0.1, 0.15) is 24.4 Å². The van der Waals surface area contributed by atoms with E-state index in [1.807, 2.05) is 30.3 Å². The Kier molecular flexibility index (Phi) is 4.95. The minimum atomic E-state index is -0.00228. The van der Waals surface area contributed by atoms with E-state index in [-0.39, 0.29) is 11.8 Å². The first kappa shape index (κ1) is 17.1. The third kappa shape index (κ3) is 3.92. The van der Waals surface area contributed by atoms with Crippen LogP contribution >= 0.6 is 11.6 Å². The Morgan fingerprint density at radius 2 is 2.35 bits per heavy atom. The molecule has 0 saturated carbocycles. The van der Waals surface area contributed by atoms with Crippen LogP contribution in [-0.2, 0) is 17.9 Å². The quantitative estimate of drug-likeness (QED) is 0.720. The van der Waals surface area contributed by atoms with E-state index in [2.05, 4.69) is 20.2 Å². The van der Waals surface area contributed by atoms with Crippen molar-refractivity contribution in [3.8, 4) is 0 Å². The van der Waals surface area contributed by atoms with Crippen LogP contribution in [0.25, 0.3) is 11.0 Å². The molecular weight excluding hydrogens is 352 g/mol. The summed E-state index contributed by atoms with van der Waals surface area (Å²) in [4.78, 5) is 22.5. The van der Waals surface area contributed by atoms with Gasteiger partial charge in [0.05, 0.1) is 36.3 Å². The molecular formula is C19H21ClN4O2. The van der Waals surface area contributed by atoms with Crippen molar-refractivity contribution >= 4 is 28.5 Å². The zero-order chi connectivity index (χ0) is 17.9. The second kappa shape index (κ2) is 7.51. The van der Waals surface area contributed by atoms with Crippen LogP contribution in [0.5, 0.6) is 0 Å². The molecule has 136 valence electrons. The first-order chi connectivity index (χ1) is 12.7. The van der Waals surface area contributed by atoms with E-state index >= 15 is 0 Å². The standard InChI is InChI=1S/C19H21ClN4O2/c20-14-5-6-16-17(9-14)23-18(22-16)10-21-19(25)13-3-1-7-24(11-13)12-15-4-2-8-26-15/h2,4-6,8-9,13H,1,3,7,10-12H2,(H,21,25)(H,22,23). The number of hydrogen-bond acceptors (Lipinski definition) is 4. The highest BCUT2D eigenvalue weighted by Crippen LogP contribution is 2.20. The molecule has 1 aliphatic heterocycles. The summed E-state index contributed by atoms with van der Waals surface area (Å²) in [6.45, 7) is 2.89. The molecule has 0 aliphatic carbocycles. The third-order valence-corrected chi connectivity index (χ3v) is 4.99. The van der Waals surface area contributed by atoms with E-state index in [4.69, 9.17) is 16.0 Å². The number of amides is 1.